The SMILES string of the molecule is COc1ccc2[nH]c([S+]([O-])Cc3ncc(C)c(OC)c3C)nc2c1.COc1ccc2[nH]c([S@@+]([O-])Cc3ncc(C)c(OC)c3C)nc2c1. The van der Waals surface area contributed by atoms with Crippen molar-refractivity contribution in [2.45, 2.75) is 49.5 Å². The fourth-order valence-electron chi connectivity index (χ4n) is 5.21. The molecule has 0 aliphatic heterocycles. The number of fused-ring (bicyclic) bond motifs is 2. The van der Waals surface area contributed by atoms with Gasteiger partial charge < -0.3 is 28.1 Å². The lowest BCUT2D eigenvalue weighted by Crippen LogP contribution is -2.10. The number of aromatic amines is 2. The summed E-state index contributed by atoms with van der Waals surface area (Å²) in [5.74, 6) is 3.55. The fraction of sp³-hybridized carbons (Fsp3) is 0.294. The minimum atomic E-state index is -1.33. The van der Waals surface area contributed by atoms with Gasteiger partial charge in [-0.25, -0.2) is 0 Å². The van der Waals surface area contributed by atoms with Gasteiger partial charge in [-0.3, -0.25) is 19.9 Å². The molecule has 0 aliphatic rings. The minimum absolute atomic E-state index is 0.277. The number of hydrogen-bond acceptors (Lipinski definition) is 10. The molecule has 0 aliphatic carbocycles. The van der Waals surface area contributed by atoms with Gasteiger partial charge in [-0.1, -0.05) is 0 Å². The maximum absolute atomic E-state index is 12.7. The highest BCUT2D eigenvalue weighted by Crippen LogP contribution is 2.29. The van der Waals surface area contributed by atoms with Crippen molar-refractivity contribution in [1.29, 1.82) is 0 Å². The second-order valence-corrected chi connectivity index (χ2v) is 13.7. The summed E-state index contributed by atoms with van der Waals surface area (Å²) in [6.45, 7) is 7.72. The molecule has 0 fully saturated rings. The van der Waals surface area contributed by atoms with Crippen LogP contribution in [0.4, 0.5) is 0 Å². The van der Waals surface area contributed by atoms with E-state index in [9.17, 15) is 9.11 Å². The maximum atomic E-state index is 12.7. The van der Waals surface area contributed by atoms with E-state index in [1.165, 1.54) is 0 Å². The van der Waals surface area contributed by atoms with Gasteiger partial charge in [-0.2, -0.15) is 9.97 Å². The Labute approximate surface area is 285 Å². The summed E-state index contributed by atoms with van der Waals surface area (Å²) in [5, 5.41) is 0.859. The Balaban J connectivity index is 0.000000188. The molecule has 6 aromatic rings. The lowest BCUT2D eigenvalue weighted by molar-refractivity contribution is 0.407. The summed E-state index contributed by atoms with van der Waals surface area (Å²) in [6.07, 6.45) is 3.48. The number of hydrogen-bond donors (Lipinski definition) is 2. The Morgan fingerprint density at radius 3 is 1.35 bits per heavy atom. The Hall–Kier alpha value is -4.50. The number of nitrogens with zero attached hydrogens (tertiary/aromatic N) is 4. The van der Waals surface area contributed by atoms with Gasteiger partial charge in [0, 0.05) is 69.1 Å². The monoisotopic (exact) mass is 690 g/mol. The van der Waals surface area contributed by atoms with Gasteiger partial charge in [0.15, 0.2) is 11.5 Å². The highest BCUT2D eigenvalue weighted by molar-refractivity contribution is 7.90. The quantitative estimate of drug-likeness (QED) is 0.168. The Morgan fingerprint density at radius 2 is 1.00 bits per heavy atom. The van der Waals surface area contributed by atoms with Gasteiger partial charge in [0.25, 0.3) is 0 Å². The number of imidazole rings is 2. The van der Waals surface area contributed by atoms with Crippen molar-refractivity contribution < 1.29 is 28.1 Å². The molecule has 4 heterocycles. The van der Waals surface area contributed by atoms with E-state index in [2.05, 4.69) is 29.9 Å². The zero-order valence-corrected chi connectivity index (χ0v) is 29.7. The van der Waals surface area contributed by atoms with Gasteiger partial charge in [0.1, 0.15) is 23.0 Å². The van der Waals surface area contributed by atoms with Gasteiger partial charge in [-0.05, 0) is 52.0 Å². The molecule has 0 amide bonds. The van der Waals surface area contributed by atoms with Gasteiger partial charge >= 0.3 is 10.3 Å². The predicted molar refractivity (Wildman–Crippen MR) is 186 cm³/mol. The summed E-state index contributed by atoms with van der Waals surface area (Å²) in [5.41, 5.74) is 8.32. The minimum Gasteiger partial charge on any atom is -0.609 e. The highest BCUT2D eigenvalue weighted by atomic mass is 32.2. The molecule has 0 bridgehead atoms. The van der Waals surface area contributed by atoms with E-state index in [1.807, 2.05) is 64.1 Å². The molecular formula is C34H38N6O6S2. The van der Waals surface area contributed by atoms with Crippen LogP contribution >= 0.6 is 0 Å². The third-order valence-electron chi connectivity index (χ3n) is 7.80. The lowest BCUT2D eigenvalue weighted by atomic mass is 10.1. The second kappa shape index (κ2) is 15.2. The number of aromatic nitrogens is 6. The molecule has 2 aromatic carbocycles. The van der Waals surface area contributed by atoms with Crippen LogP contribution in [0.2, 0.25) is 0 Å². The van der Waals surface area contributed by atoms with Crippen LogP contribution in [0.1, 0.15) is 33.6 Å². The average molecular weight is 691 g/mol. The molecule has 0 saturated heterocycles. The highest BCUT2D eigenvalue weighted by Gasteiger charge is 2.23. The molecule has 1 unspecified atom stereocenters. The van der Waals surface area contributed by atoms with Crippen LogP contribution < -0.4 is 18.9 Å². The van der Waals surface area contributed by atoms with Crippen molar-refractivity contribution in [3.63, 3.8) is 0 Å². The number of rotatable bonds is 10. The molecule has 252 valence electrons. The van der Waals surface area contributed by atoms with Gasteiger partial charge in [0.2, 0.25) is 0 Å². The smallest absolute Gasteiger partial charge is 0.322 e. The zero-order valence-electron chi connectivity index (χ0n) is 28.1. The summed E-state index contributed by atoms with van der Waals surface area (Å²) >= 11 is -2.66. The van der Waals surface area contributed by atoms with E-state index in [4.69, 9.17) is 18.9 Å². The van der Waals surface area contributed by atoms with Crippen LogP contribution in [0.15, 0.2) is 59.1 Å². The molecule has 0 spiro atoms. The van der Waals surface area contributed by atoms with Crippen molar-refractivity contribution >= 4 is 44.4 Å². The first kappa shape index (κ1) is 34.8. The zero-order chi connectivity index (χ0) is 34.5. The van der Waals surface area contributed by atoms with Crippen LogP contribution in [-0.4, -0.2) is 67.4 Å². The number of aryl methyl sites for hydroxylation is 2. The molecule has 0 saturated carbocycles. The largest absolute Gasteiger partial charge is 0.609 e. The third kappa shape index (κ3) is 7.46. The lowest BCUT2D eigenvalue weighted by Gasteiger charge is -2.13. The normalized spacial score (nSPS) is 12.4. The van der Waals surface area contributed by atoms with Crippen LogP contribution in [0.5, 0.6) is 23.0 Å². The molecule has 2 atom stereocenters. The number of pyridine rings is 2. The molecule has 4 aromatic heterocycles. The van der Waals surface area contributed by atoms with Crippen LogP contribution in [-0.2, 0) is 33.9 Å². The van der Waals surface area contributed by atoms with Crippen molar-refractivity contribution in [2.75, 3.05) is 28.4 Å². The average Bonchev–Trinajstić information content (AvgIpc) is 3.72. The summed E-state index contributed by atoms with van der Waals surface area (Å²) in [4.78, 5) is 23.8. The molecule has 48 heavy (non-hydrogen) atoms. The molecule has 6 rings (SSSR count). The topological polar surface area (TPSA) is 166 Å². The van der Waals surface area contributed by atoms with E-state index >= 15 is 0 Å². The molecule has 12 nitrogen and oxygen atoms in total. The van der Waals surface area contributed by atoms with Crippen molar-refractivity contribution in [3.8, 4) is 23.0 Å². The Kier molecular flexibility index (Phi) is 11.0. The molecule has 0 radical (unpaired) electrons. The molecule has 2 N–H and O–H groups in total. The van der Waals surface area contributed by atoms with E-state index in [1.54, 1.807) is 40.8 Å². The van der Waals surface area contributed by atoms with E-state index in [0.717, 1.165) is 67.2 Å². The third-order valence-corrected chi connectivity index (χ3v) is 10.1. The second-order valence-electron chi connectivity index (χ2n) is 10.9. The van der Waals surface area contributed by atoms with E-state index in [0.29, 0.717) is 21.8 Å². The molecule has 14 heteroatoms. The van der Waals surface area contributed by atoms with Gasteiger partial charge in [-0.15, -0.1) is 0 Å². The number of H-pyrrole nitrogens is 2. The summed E-state index contributed by atoms with van der Waals surface area (Å²) in [6, 6.07) is 11.0. The van der Waals surface area contributed by atoms with Crippen molar-refractivity contribution in [1.82, 2.24) is 29.9 Å². The van der Waals surface area contributed by atoms with E-state index in [-0.39, 0.29) is 11.5 Å². The molecular weight excluding hydrogens is 653 g/mol. The van der Waals surface area contributed by atoms with Crippen LogP contribution in [0, 0.1) is 27.7 Å². The fourth-order valence-corrected chi connectivity index (χ4v) is 7.41. The number of methoxy groups -OCH3 is 4. The van der Waals surface area contributed by atoms with Crippen LogP contribution in [0.25, 0.3) is 22.1 Å². The number of ether oxygens (including phenoxy) is 4. The first-order valence-corrected chi connectivity index (χ1v) is 17.5. The first-order chi connectivity index (χ1) is 23.1. The van der Waals surface area contributed by atoms with Gasteiger partial charge in [0.05, 0.1) is 61.9 Å². The van der Waals surface area contributed by atoms with E-state index < -0.39 is 22.4 Å². The van der Waals surface area contributed by atoms with Crippen molar-refractivity contribution in [3.05, 3.63) is 82.4 Å². The number of nitrogens with one attached hydrogen (secondary N) is 2. The van der Waals surface area contributed by atoms with Crippen LogP contribution in [0.3, 0.4) is 0 Å². The Morgan fingerprint density at radius 1 is 0.604 bits per heavy atom. The summed E-state index contributed by atoms with van der Waals surface area (Å²) in [7, 11) is 6.46. The first-order valence-electron chi connectivity index (χ1n) is 14.9. The number of benzene rings is 2. The van der Waals surface area contributed by atoms with Crippen molar-refractivity contribution in [2.24, 2.45) is 0 Å². The summed E-state index contributed by atoms with van der Waals surface area (Å²) < 4.78 is 46.5. The standard InChI is InChI=1S/2C17H19N3O3S/c2*1-10-8-18-15(11(2)16(10)23-4)9-24(21)17-19-13-6-5-12(22-3)7-14(13)20-17/h2*5-8H,9H2,1-4H3,(H,19,20)/t24-;/m0./s1. The predicted octanol–water partition coefficient (Wildman–Crippen LogP) is 5.80. The maximum Gasteiger partial charge on any atom is 0.322 e. The Bertz CT molecular complexity index is 1900.